The van der Waals surface area contributed by atoms with Gasteiger partial charge in [0.2, 0.25) is 0 Å². The lowest BCUT2D eigenvalue weighted by molar-refractivity contribution is -0.241. The highest BCUT2D eigenvalue weighted by molar-refractivity contribution is 7.81. The van der Waals surface area contributed by atoms with E-state index in [1.165, 1.54) is 0 Å². The van der Waals surface area contributed by atoms with E-state index in [9.17, 15) is 46.1 Å². The molecule has 0 heterocycles. The first kappa shape index (κ1) is 34.2. The number of hydrogen-bond donors (Lipinski definition) is 5. The summed E-state index contributed by atoms with van der Waals surface area (Å²) in [5.41, 5.74) is -4.42. The number of carbonyl (C=O) groups is 1. The van der Waals surface area contributed by atoms with Crippen molar-refractivity contribution < 1.29 is 54.4 Å². The summed E-state index contributed by atoms with van der Waals surface area (Å²) in [5.74, 6) is -2.12. The van der Waals surface area contributed by atoms with Gasteiger partial charge in [0.1, 0.15) is 6.10 Å². The molecule has 5 aliphatic rings. The van der Waals surface area contributed by atoms with E-state index in [2.05, 4.69) is 19.9 Å². The van der Waals surface area contributed by atoms with Gasteiger partial charge in [-0.25, -0.2) is 8.37 Å². The zero-order chi connectivity index (χ0) is 33.1. The Labute approximate surface area is 260 Å². The molecule has 14 heteroatoms. The van der Waals surface area contributed by atoms with Gasteiger partial charge < -0.3 is 15.3 Å². The normalized spacial score (nSPS) is 50.8. The Bertz CT molecular complexity index is 1460. The van der Waals surface area contributed by atoms with Crippen molar-refractivity contribution in [2.75, 3.05) is 6.61 Å². The predicted molar refractivity (Wildman–Crippen MR) is 158 cm³/mol. The molecule has 0 aromatic rings. The number of fused-ring (bicyclic) bond motifs is 7. The largest absolute Gasteiger partial charge is 0.481 e. The Hall–Kier alpha value is -1.13. The topological polar surface area (TPSA) is 205 Å². The molecule has 0 radical (unpaired) electrons. The minimum Gasteiger partial charge on any atom is -0.481 e. The summed E-state index contributed by atoms with van der Waals surface area (Å²) in [5, 5.41) is 34.0. The number of allylic oxidation sites excluding steroid dienone is 1. The Morgan fingerprint density at radius 2 is 1.59 bits per heavy atom. The Balaban J connectivity index is 1.63. The van der Waals surface area contributed by atoms with E-state index < -0.39 is 90.1 Å². The summed E-state index contributed by atoms with van der Waals surface area (Å²) < 4.78 is 75.9. The average molecular weight is 665 g/mol. The fourth-order valence-electron chi connectivity index (χ4n) is 11.5. The highest BCUT2D eigenvalue weighted by Crippen LogP contribution is 2.76. The second kappa shape index (κ2) is 10.2. The van der Waals surface area contributed by atoms with Crippen molar-refractivity contribution in [3.63, 3.8) is 0 Å². The number of carboxylic acid groups (broad SMARTS) is 1. The van der Waals surface area contributed by atoms with Crippen LogP contribution < -0.4 is 0 Å². The summed E-state index contributed by atoms with van der Waals surface area (Å²) in [4.78, 5) is 12.9. The second-order valence-corrected chi connectivity index (χ2v) is 17.9. The third kappa shape index (κ3) is 4.76. The Morgan fingerprint density at radius 3 is 2.16 bits per heavy atom. The van der Waals surface area contributed by atoms with Gasteiger partial charge in [0, 0.05) is 11.3 Å². The van der Waals surface area contributed by atoms with Gasteiger partial charge in [-0.2, -0.15) is 16.8 Å². The van der Waals surface area contributed by atoms with E-state index in [4.69, 9.17) is 8.37 Å². The summed E-state index contributed by atoms with van der Waals surface area (Å²) in [6.45, 7) is 11.0. The smallest absolute Gasteiger partial charge is 0.397 e. The molecule has 0 aromatic heterocycles. The molecular weight excluding hydrogens is 616 g/mol. The van der Waals surface area contributed by atoms with E-state index >= 15 is 0 Å². The molecule has 44 heavy (non-hydrogen) atoms. The van der Waals surface area contributed by atoms with Crippen molar-refractivity contribution in [3.05, 3.63) is 11.6 Å². The van der Waals surface area contributed by atoms with Crippen molar-refractivity contribution in [1.82, 2.24) is 0 Å². The van der Waals surface area contributed by atoms with Crippen molar-refractivity contribution >= 4 is 26.8 Å². The molecule has 5 N–H and O–H groups in total. The van der Waals surface area contributed by atoms with Gasteiger partial charge in [-0.15, -0.1) is 0 Å². The number of aliphatic hydroxyl groups excluding tert-OH is 1. The first-order valence-electron chi connectivity index (χ1n) is 15.5. The van der Waals surface area contributed by atoms with Gasteiger partial charge in [-0.05, 0) is 92.3 Å². The lowest BCUT2D eigenvalue weighted by Crippen LogP contribution is -2.70. The van der Waals surface area contributed by atoms with Crippen LogP contribution in [0.25, 0.3) is 0 Å². The minimum atomic E-state index is -5.05. The molecule has 4 saturated carbocycles. The quantitative estimate of drug-likeness (QED) is 0.203. The fourth-order valence-corrected chi connectivity index (χ4v) is 12.5. The van der Waals surface area contributed by atoms with E-state index in [1.54, 1.807) is 13.8 Å². The number of rotatable bonds is 6. The molecule has 12 nitrogen and oxygen atoms in total. The van der Waals surface area contributed by atoms with Crippen molar-refractivity contribution in [3.8, 4) is 0 Å². The summed E-state index contributed by atoms with van der Waals surface area (Å²) in [6, 6.07) is 0. The van der Waals surface area contributed by atoms with Crippen molar-refractivity contribution in [2.45, 2.75) is 111 Å². The summed E-state index contributed by atoms with van der Waals surface area (Å²) in [6.07, 6.45) is 2.92. The zero-order valence-electron chi connectivity index (χ0n) is 26.3. The molecule has 4 fully saturated rings. The number of hydrogen-bond acceptors (Lipinski definition) is 9. The number of aliphatic hydroxyl groups is 2. The van der Waals surface area contributed by atoms with Gasteiger partial charge in [0.05, 0.1) is 23.7 Å². The third-order valence-corrected chi connectivity index (χ3v) is 14.8. The molecule has 252 valence electrons. The average Bonchev–Trinajstić information content (AvgIpc) is 2.87. The summed E-state index contributed by atoms with van der Waals surface area (Å²) in [7, 11) is -9.98. The van der Waals surface area contributed by atoms with Crippen molar-refractivity contribution in [1.29, 1.82) is 0 Å². The van der Waals surface area contributed by atoms with Gasteiger partial charge in [-0.1, -0.05) is 46.3 Å². The molecule has 0 saturated heterocycles. The van der Waals surface area contributed by atoms with Crippen LogP contribution in [0.2, 0.25) is 0 Å². The molecule has 0 aliphatic heterocycles. The highest BCUT2D eigenvalue weighted by Gasteiger charge is 2.72. The van der Waals surface area contributed by atoms with Crippen LogP contribution in [0, 0.1) is 50.7 Å². The third-order valence-electron chi connectivity index (χ3n) is 13.9. The molecule has 5 rings (SSSR count). The number of carboxylic acids is 1. The lowest BCUT2D eigenvalue weighted by atomic mass is 9.33. The molecule has 0 spiro atoms. The SMILES string of the molecule is C[C@@H]1CC[C@]2(C(=O)O)CC[C@]3(C)C(=CC[C@@H]4[C@@]5(C)C[C@@H](O)[C@H](OS(=O)(=O)O)[C@@](C)(COS(=O)(=O)O)[C@@H]5CC[C@]43C)[C@@H]2[C@]1(C)O. The minimum absolute atomic E-state index is 0.0933. The van der Waals surface area contributed by atoms with Crippen LogP contribution >= 0.6 is 0 Å². The molecule has 0 unspecified atom stereocenters. The predicted octanol–water partition coefficient (Wildman–Crippen LogP) is 3.80. The van der Waals surface area contributed by atoms with E-state index in [0.717, 1.165) is 5.57 Å². The monoisotopic (exact) mass is 664 g/mol. The molecule has 0 amide bonds. The fraction of sp³-hybridized carbons (Fsp3) is 0.900. The van der Waals surface area contributed by atoms with Crippen LogP contribution in [0.3, 0.4) is 0 Å². The maximum absolute atomic E-state index is 12.9. The Kier molecular flexibility index (Phi) is 7.92. The zero-order valence-corrected chi connectivity index (χ0v) is 27.9. The van der Waals surface area contributed by atoms with Crippen LogP contribution in [0.1, 0.15) is 92.9 Å². The summed E-state index contributed by atoms with van der Waals surface area (Å²) >= 11 is 0. The number of aliphatic carboxylic acids is 1. The maximum Gasteiger partial charge on any atom is 0.397 e. The van der Waals surface area contributed by atoms with E-state index in [1.807, 2.05) is 13.8 Å². The molecular formula is C30H48O12S2. The highest BCUT2D eigenvalue weighted by atomic mass is 32.3. The van der Waals surface area contributed by atoms with Gasteiger partial charge in [0.15, 0.2) is 0 Å². The van der Waals surface area contributed by atoms with Crippen LogP contribution in [0.4, 0.5) is 0 Å². The second-order valence-electron chi connectivity index (χ2n) is 15.8. The van der Waals surface area contributed by atoms with Crippen LogP contribution in [-0.2, 0) is 34.0 Å². The van der Waals surface area contributed by atoms with Crippen LogP contribution in [0.5, 0.6) is 0 Å². The van der Waals surface area contributed by atoms with Crippen molar-refractivity contribution in [2.24, 2.45) is 50.7 Å². The molecule has 5 aliphatic carbocycles. The first-order chi connectivity index (χ1) is 19.9. The molecule has 12 atom stereocenters. The van der Waals surface area contributed by atoms with E-state index in [-0.39, 0.29) is 18.3 Å². The molecule has 0 aromatic carbocycles. The lowest BCUT2D eigenvalue weighted by Gasteiger charge is -2.72. The van der Waals surface area contributed by atoms with Gasteiger partial charge in [-0.3, -0.25) is 13.9 Å². The van der Waals surface area contributed by atoms with E-state index in [0.29, 0.717) is 44.9 Å². The molecule has 0 bridgehead atoms. The standard InChI is InChI=1S/C30H48O12S2/c1-17-9-12-30(24(32)33)14-13-27(4)18(22(30)29(17,6)34)7-8-21-25(2)15-19(31)23(42-44(38,39)40)26(3,16-41-43(35,36)37)20(25)10-11-28(21,27)5/h7,17,19-23,31,34H,8-16H2,1-6H3,(H,32,33)(H,35,36,37)(H,38,39,40)/t17-,19-,20-,21-,22-,23+,25+,26+,27-,28-,29-,30+/m1/s1. The van der Waals surface area contributed by atoms with Gasteiger partial charge in [0.25, 0.3) is 0 Å². The first-order valence-corrected chi connectivity index (χ1v) is 18.2. The maximum atomic E-state index is 12.9. The Morgan fingerprint density at radius 1 is 0.955 bits per heavy atom. The van der Waals surface area contributed by atoms with Gasteiger partial charge >= 0.3 is 26.8 Å². The van der Waals surface area contributed by atoms with Crippen LogP contribution in [-0.4, -0.2) is 71.6 Å². The van der Waals surface area contributed by atoms with Crippen LogP contribution in [0.15, 0.2) is 11.6 Å².